The van der Waals surface area contributed by atoms with Crippen molar-refractivity contribution < 1.29 is 33.0 Å². The number of carbonyl (C=O) groups excluding carboxylic acids is 2. The molecule has 3 aromatic rings. The van der Waals surface area contributed by atoms with Crippen molar-refractivity contribution in [1.82, 2.24) is 15.6 Å². The van der Waals surface area contributed by atoms with Gasteiger partial charge in [0.25, 0.3) is 0 Å². The van der Waals surface area contributed by atoms with E-state index in [1.54, 1.807) is 40.0 Å². The Bertz CT molecular complexity index is 1150. The van der Waals surface area contributed by atoms with E-state index in [9.17, 15) is 9.59 Å². The van der Waals surface area contributed by atoms with Crippen LogP contribution in [0.1, 0.15) is 26.7 Å². The number of alkyl carbamates (subject to hydrolysis) is 2. The monoisotopic (exact) mass is 497 g/mol. The zero-order valence-corrected chi connectivity index (χ0v) is 21.0. The maximum absolute atomic E-state index is 11.7. The van der Waals surface area contributed by atoms with E-state index in [1.807, 2.05) is 36.4 Å². The van der Waals surface area contributed by atoms with Crippen LogP contribution in [0.4, 0.5) is 9.59 Å². The van der Waals surface area contributed by atoms with Crippen LogP contribution in [0.25, 0.3) is 22.6 Å². The summed E-state index contributed by atoms with van der Waals surface area (Å²) in [6, 6.07) is 14.7. The number of oxazole rings is 1. The molecule has 2 N–H and O–H groups in total. The Balaban J connectivity index is 1.71. The minimum atomic E-state index is -0.580. The predicted octanol–water partition coefficient (Wildman–Crippen LogP) is 4.78. The first-order valence-electron chi connectivity index (χ1n) is 11.4. The van der Waals surface area contributed by atoms with Crippen LogP contribution in [0.3, 0.4) is 0 Å². The molecule has 36 heavy (non-hydrogen) atoms. The third-order valence-corrected chi connectivity index (χ3v) is 4.72. The van der Waals surface area contributed by atoms with Gasteiger partial charge in [-0.1, -0.05) is 0 Å². The fourth-order valence-corrected chi connectivity index (χ4v) is 3.10. The lowest BCUT2D eigenvalue weighted by Gasteiger charge is -2.19. The number of hydrogen-bond acceptors (Lipinski definition) is 8. The van der Waals surface area contributed by atoms with Gasteiger partial charge in [0.1, 0.15) is 29.4 Å². The van der Waals surface area contributed by atoms with Crippen molar-refractivity contribution >= 4 is 12.2 Å². The fraction of sp³-hybridized carbons (Fsp3) is 0.346. The zero-order valence-electron chi connectivity index (χ0n) is 21.0. The van der Waals surface area contributed by atoms with Crippen LogP contribution >= 0.6 is 0 Å². The summed E-state index contributed by atoms with van der Waals surface area (Å²) in [6.07, 6.45) is -1.07. The Labute approximate surface area is 209 Å². The second-order valence-corrected chi connectivity index (χ2v) is 8.64. The molecule has 192 valence electrons. The van der Waals surface area contributed by atoms with Crippen molar-refractivity contribution in [3.8, 4) is 34.1 Å². The highest BCUT2D eigenvalue weighted by atomic mass is 16.6. The Morgan fingerprint density at radius 3 is 2.19 bits per heavy atom. The summed E-state index contributed by atoms with van der Waals surface area (Å²) in [5.74, 6) is 2.12. The third kappa shape index (κ3) is 7.66. The van der Waals surface area contributed by atoms with Gasteiger partial charge in [-0.3, -0.25) is 0 Å². The van der Waals surface area contributed by atoms with E-state index in [2.05, 4.69) is 15.6 Å². The number of nitrogens with one attached hydrogen (secondary N) is 2. The van der Waals surface area contributed by atoms with E-state index in [-0.39, 0.29) is 19.1 Å². The highest BCUT2D eigenvalue weighted by molar-refractivity contribution is 5.77. The van der Waals surface area contributed by atoms with Gasteiger partial charge in [0.2, 0.25) is 5.89 Å². The molecule has 0 aliphatic carbocycles. The first kappa shape index (κ1) is 26.4. The van der Waals surface area contributed by atoms with Crippen LogP contribution in [-0.2, 0) is 16.1 Å². The van der Waals surface area contributed by atoms with E-state index >= 15 is 0 Å². The van der Waals surface area contributed by atoms with E-state index in [0.717, 1.165) is 16.9 Å². The van der Waals surface area contributed by atoms with Crippen molar-refractivity contribution in [2.45, 2.75) is 33.0 Å². The van der Waals surface area contributed by atoms with E-state index in [1.165, 1.54) is 7.05 Å². The molecule has 0 unspecified atom stereocenters. The lowest BCUT2D eigenvalue weighted by molar-refractivity contribution is 0.0520. The molecule has 0 aliphatic heterocycles. The van der Waals surface area contributed by atoms with E-state index < -0.39 is 17.8 Å². The standard InChI is InChI=1S/C26H31N3O7/c1-26(2,3)36-25(31)28-14-15-33-20-12-8-18(9-13-20)23-22(17-6-10-19(32-5)11-7-17)29-21(35-23)16-34-24(30)27-4/h6-13H,14-16H2,1-5H3,(H,27,30)(H,28,31). The van der Waals surface area contributed by atoms with Gasteiger partial charge in [0.05, 0.1) is 13.7 Å². The lowest BCUT2D eigenvalue weighted by Crippen LogP contribution is -2.34. The van der Waals surface area contributed by atoms with Crippen LogP contribution in [0.15, 0.2) is 52.9 Å². The van der Waals surface area contributed by atoms with Crippen molar-refractivity contribution in [2.75, 3.05) is 27.3 Å². The SMILES string of the molecule is CNC(=O)OCc1nc(-c2ccc(OC)cc2)c(-c2ccc(OCCNC(=O)OC(C)(C)C)cc2)o1. The molecule has 0 saturated carbocycles. The second kappa shape index (κ2) is 12.0. The fourth-order valence-electron chi connectivity index (χ4n) is 3.10. The molecule has 1 aromatic heterocycles. The van der Waals surface area contributed by atoms with Crippen molar-refractivity contribution in [3.63, 3.8) is 0 Å². The molecule has 0 aliphatic rings. The smallest absolute Gasteiger partial charge is 0.407 e. The van der Waals surface area contributed by atoms with Gasteiger partial charge < -0.3 is 34.0 Å². The summed E-state index contributed by atoms with van der Waals surface area (Å²) in [6.45, 7) is 5.87. The Morgan fingerprint density at radius 1 is 0.944 bits per heavy atom. The minimum absolute atomic E-state index is 0.116. The molecule has 10 nitrogen and oxygen atoms in total. The molecule has 0 radical (unpaired) electrons. The molecule has 0 fully saturated rings. The normalized spacial score (nSPS) is 10.9. The summed E-state index contributed by atoms with van der Waals surface area (Å²) < 4.78 is 27.2. The second-order valence-electron chi connectivity index (χ2n) is 8.64. The Morgan fingerprint density at radius 2 is 1.58 bits per heavy atom. The molecule has 2 amide bonds. The van der Waals surface area contributed by atoms with Gasteiger partial charge in [0, 0.05) is 18.2 Å². The van der Waals surface area contributed by atoms with Crippen LogP contribution in [0.2, 0.25) is 0 Å². The van der Waals surface area contributed by atoms with E-state index in [0.29, 0.717) is 23.7 Å². The average molecular weight is 498 g/mol. The van der Waals surface area contributed by atoms with Crippen LogP contribution < -0.4 is 20.1 Å². The topological polar surface area (TPSA) is 121 Å². The molecule has 0 spiro atoms. The van der Waals surface area contributed by atoms with Gasteiger partial charge in [-0.2, -0.15) is 0 Å². The van der Waals surface area contributed by atoms with Gasteiger partial charge in [0.15, 0.2) is 12.4 Å². The van der Waals surface area contributed by atoms with Crippen LogP contribution in [-0.4, -0.2) is 50.1 Å². The van der Waals surface area contributed by atoms with Gasteiger partial charge in [-0.05, 0) is 69.3 Å². The number of carbonyl (C=O) groups is 2. The Kier molecular flexibility index (Phi) is 8.77. The highest BCUT2D eigenvalue weighted by Gasteiger charge is 2.19. The third-order valence-electron chi connectivity index (χ3n) is 4.72. The summed E-state index contributed by atoms with van der Waals surface area (Å²) in [5, 5.41) is 5.04. The van der Waals surface area contributed by atoms with E-state index in [4.69, 9.17) is 23.4 Å². The lowest BCUT2D eigenvalue weighted by atomic mass is 10.1. The highest BCUT2D eigenvalue weighted by Crippen LogP contribution is 2.34. The number of amides is 2. The summed E-state index contributed by atoms with van der Waals surface area (Å²) in [4.78, 5) is 27.7. The van der Waals surface area contributed by atoms with Gasteiger partial charge in [-0.25, -0.2) is 14.6 Å². The zero-order chi connectivity index (χ0) is 26.1. The quantitative estimate of drug-likeness (QED) is 0.405. The van der Waals surface area contributed by atoms with Gasteiger partial charge >= 0.3 is 12.2 Å². The molecule has 3 rings (SSSR count). The summed E-state index contributed by atoms with van der Waals surface area (Å²) in [5.41, 5.74) is 1.62. The number of methoxy groups -OCH3 is 1. The van der Waals surface area contributed by atoms with Crippen LogP contribution in [0.5, 0.6) is 11.5 Å². The molecule has 0 atom stereocenters. The number of ether oxygens (including phenoxy) is 4. The number of benzene rings is 2. The summed E-state index contributed by atoms with van der Waals surface area (Å²) >= 11 is 0. The maximum Gasteiger partial charge on any atom is 0.407 e. The molecular weight excluding hydrogens is 466 g/mol. The molecule has 0 saturated heterocycles. The number of aromatic nitrogens is 1. The molecular formula is C26H31N3O7. The number of hydrogen-bond donors (Lipinski definition) is 2. The molecule has 10 heteroatoms. The molecule has 2 aromatic carbocycles. The average Bonchev–Trinajstić information content (AvgIpc) is 3.29. The Hall–Kier alpha value is -4.21. The largest absolute Gasteiger partial charge is 0.497 e. The van der Waals surface area contributed by atoms with Gasteiger partial charge in [-0.15, -0.1) is 0 Å². The number of nitrogens with zero attached hydrogens (tertiary/aromatic N) is 1. The van der Waals surface area contributed by atoms with Crippen molar-refractivity contribution in [2.24, 2.45) is 0 Å². The number of rotatable bonds is 9. The molecule has 0 bridgehead atoms. The maximum atomic E-state index is 11.7. The van der Waals surface area contributed by atoms with Crippen molar-refractivity contribution in [1.29, 1.82) is 0 Å². The minimum Gasteiger partial charge on any atom is -0.497 e. The summed E-state index contributed by atoms with van der Waals surface area (Å²) in [7, 11) is 3.07. The first-order valence-corrected chi connectivity index (χ1v) is 11.4. The predicted molar refractivity (Wildman–Crippen MR) is 133 cm³/mol. The van der Waals surface area contributed by atoms with Crippen LogP contribution in [0, 0.1) is 0 Å². The molecule has 1 heterocycles. The van der Waals surface area contributed by atoms with Crippen molar-refractivity contribution in [3.05, 3.63) is 54.4 Å². The first-order chi connectivity index (χ1) is 17.2.